The lowest BCUT2D eigenvalue weighted by Gasteiger charge is -2.32. The lowest BCUT2D eigenvalue weighted by molar-refractivity contribution is -0.139. The summed E-state index contributed by atoms with van der Waals surface area (Å²) in [5.74, 6) is -1.90. The number of ether oxygens (including phenoxy) is 1. The van der Waals surface area contributed by atoms with Gasteiger partial charge in [-0.25, -0.2) is 4.79 Å². The van der Waals surface area contributed by atoms with E-state index >= 15 is 0 Å². The summed E-state index contributed by atoms with van der Waals surface area (Å²) in [6, 6.07) is 9.22. The highest BCUT2D eigenvalue weighted by Crippen LogP contribution is 2.28. The number of rotatable bonds is 9. The molecule has 37 heavy (non-hydrogen) atoms. The summed E-state index contributed by atoms with van der Waals surface area (Å²) in [5.41, 5.74) is 7.09. The zero-order chi connectivity index (χ0) is 27.9. The molecule has 4 amide bonds. The van der Waals surface area contributed by atoms with Gasteiger partial charge in [0.05, 0.1) is 0 Å². The summed E-state index contributed by atoms with van der Waals surface area (Å²) in [4.78, 5) is 52.3. The fraction of sp³-hybridized carbons (Fsp3) is 0.407. The van der Waals surface area contributed by atoms with Crippen LogP contribution in [0.1, 0.15) is 56.3 Å². The Bertz CT molecular complexity index is 1140. The SMILES string of the molecule is Cc1cccc(C)c1NC(=O)C(c1cccc(O)c1)N(C)C(=O)C(CCC(N)=O)NC(=O)OC(C)(C)C. The fourth-order valence-corrected chi connectivity index (χ4v) is 3.82. The maximum absolute atomic E-state index is 13.6. The van der Waals surface area contributed by atoms with Crippen LogP contribution >= 0.6 is 0 Å². The van der Waals surface area contributed by atoms with Crippen molar-refractivity contribution in [1.82, 2.24) is 10.2 Å². The summed E-state index contributed by atoms with van der Waals surface area (Å²) in [6.07, 6.45) is -1.12. The topological polar surface area (TPSA) is 151 Å². The van der Waals surface area contributed by atoms with E-state index in [2.05, 4.69) is 10.6 Å². The molecule has 2 atom stereocenters. The van der Waals surface area contributed by atoms with Crippen molar-refractivity contribution in [1.29, 1.82) is 0 Å². The van der Waals surface area contributed by atoms with Crippen LogP contribution in [0.2, 0.25) is 0 Å². The largest absolute Gasteiger partial charge is 0.508 e. The number of nitrogens with two attached hydrogens (primary N) is 1. The van der Waals surface area contributed by atoms with Gasteiger partial charge in [0.25, 0.3) is 5.91 Å². The predicted molar refractivity (Wildman–Crippen MR) is 140 cm³/mol. The Hall–Kier alpha value is -4.08. The number of anilines is 1. The molecule has 0 fully saturated rings. The number of nitrogens with one attached hydrogen (secondary N) is 2. The van der Waals surface area contributed by atoms with Gasteiger partial charge < -0.3 is 31.1 Å². The van der Waals surface area contributed by atoms with E-state index in [9.17, 15) is 24.3 Å². The van der Waals surface area contributed by atoms with Crippen LogP contribution < -0.4 is 16.4 Å². The molecule has 2 rings (SSSR count). The van der Waals surface area contributed by atoms with Crippen LogP contribution in [-0.4, -0.2) is 52.5 Å². The monoisotopic (exact) mass is 512 g/mol. The molecule has 0 radical (unpaired) electrons. The quantitative estimate of drug-likeness (QED) is 0.405. The van der Waals surface area contributed by atoms with Crippen molar-refractivity contribution in [3.05, 3.63) is 59.2 Å². The maximum atomic E-state index is 13.6. The van der Waals surface area contributed by atoms with Gasteiger partial charge in [-0.1, -0.05) is 30.3 Å². The molecule has 200 valence electrons. The third kappa shape index (κ3) is 8.52. The summed E-state index contributed by atoms with van der Waals surface area (Å²) in [7, 11) is 1.41. The second kappa shape index (κ2) is 12.2. The van der Waals surface area contributed by atoms with E-state index in [0.29, 0.717) is 11.3 Å². The molecule has 2 aromatic carbocycles. The van der Waals surface area contributed by atoms with Crippen LogP contribution in [-0.2, 0) is 19.1 Å². The van der Waals surface area contributed by atoms with Crippen molar-refractivity contribution in [3.63, 3.8) is 0 Å². The molecule has 2 unspecified atom stereocenters. The number of phenols is 1. The molecule has 0 saturated heterocycles. The van der Waals surface area contributed by atoms with Crippen LogP contribution in [0.3, 0.4) is 0 Å². The van der Waals surface area contributed by atoms with Crippen LogP contribution in [0.15, 0.2) is 42.5 Å². The van der Waals surface area contributed by atoms with Gasteiger partial charge in [-0.05, 0) is 69.9 Å². The lowest BCUT2D eigenvalue weighted by Crippen LogP contribution is -2.51. The second-order valence-electron chi connectivity index (χ2n) is 9.91. The van der Waals surface area contributed by atoms with E-state index < -0.39 is 41.5 Å². The highest BCUT2D eigenvalue weighted by molar-refractivity contribution is 5.99. The van der Waals surface area contributed by atoms with Crippen molar-refractivity contribution in [3.8, 4) is 5.75 Å². The molecule has 0 saturated carbocycles. The number of hydrogen-bond acceptors (Lipinski definition) is 6. The van der Waals surface area contributed by atoms with Gasteiger partial charge in [0.1, 0.15) is 23.4 Å². The Balaban J connectivity index is 2.43. The number of phenolic OH excluding ortho intramolecular Hbond substituents is 1. The number of aryl methyl sites for hydroxylation is 2. The second-order valence-corrected chi connectivity index (χ2v) is 9.91. The van der Waals surface area contributed by atoms with Gasteiger partial charge in [0, 0.05) is 19.2 Å². The number of aromatic hydroxyl groups is 1. The zero-order valence-corrected chi connectivity index (χ0v) is 22.1. The molecule has 0 aliphatic rings. The predicted octanol–water partition coefficient (Wildman–Crippen LogP) is 3.31. The van der Waals surface area contributed by atoms with E-state index in [1.54, 1.807) is 32.9 Å². The minimum absolute atomic E-state index is 0.0830. The van der Waals surface area contributed by atoms with Crippen LogP contribution in [0, 0.1) is 13.8 Å². The Morgan fingerprint density at radius 2 is 1.65 bits per heavy atom. The normalized spacial score (nSPS) is 12.7. The third-order valence-electron chi connectivity index (χ3n) is 5.57. The Labute approximate surface area is 217 Å². The van der Waals surface area contributed by atoms with Gasteiger partial charge in [-0.2, -0.15) is 0 Å². The van der Waals surface area contributed by atoms with E-state index in [1.807, 2.05) is 32.0 Å². The molecule has 10 heteroatoms. The van der Waals surface area contributed by atoms with Crippen LogP contribution in [0.5, 0.6) is 5.75 Å². The van der Waals surface area contributed by atoms with Gasteiger partial charge in [0.15, 0.2) is 0 Å². The number of primary amides is 1. The smallest absolute Gasteiger partial charge is 0.408 e. The first-order valence-electron chi connectivity index (χ1n) is 11.9. The average Bonchev–Trinajstić information content (AvgIpc) is 2.77. The minimum Gasteiger partial charge on any atom is -0.508 e. The van der Waals surface area contributed by atoms with Crippen LogP contribution in [0.25, 0.3) is 0 Å². The first-order chi connectivity index (χ1) is 17.2. The molecule has 5 N–H and O–H groups in total. The van der Waals surface area contributed by atoms with Gasteiger partial charge in [0.2, 0.25) is 11.8 Å². The Kier molecular flexibility index (Phi) is 9.65. The van der Waals surface area contributed by atoms with E-state index in [-0.39, 0.29) is 18.6 Å². The van der Waals surface area contributed by atoms with E-state index in [4.69, 9.17) is 10.5 Å². The lowest BCUT2D eigenvalue weighted by atomic mass is 10.0. The summed E-state index contributed by atoms with van der Waals surface area (Å²) in [6.45, 7) is 8.73. The number of nitrogens with zero attached hydrogens (tertiary/aromatic N) is 1. The molecule has 0 aliphatic heterocycles. The van der Waals surface area contributed by atoms with Crippen molar-refractivity contribution in [2.45, 2.75) is 65.1 Å². The number of carbonyl (C=O) groups excluding carboxylic acids is 4. The van der Waals surface area contributed by atoms with Crippen molar-refractivity contribution in [2.24, 2.45) is 5.73 Å². The van der Waals surface area contributed by atoms with E-state index in [1.165, 1.54) is 24.1 Å². The molecule has 0 spiro atoms. The first kappa shape index (κ1) is 29.2. The number of carbonyl (C=O) groups is 4. The zero-order valence-electron chi connectivity index (χ0n) is 22.1. The van der Waals surface area contributed by atoms with Gasteiger partial charge in [-0.3, -0.25) is 14.4 Å². The Morgan fingerprint density at radius 3 is 2.19 bits per heavy atom. The number of alkyl carbamates (subject to hydrolysis) is 1. The number of para-hydroxylation sites is 1. The van der Waals surface area contributed by atoms with Crippen molar-refractivity contribution >= 4 is 29.5 Å². The Morgan fingerprint density at radius 1 is 1.05 bits per heavy atom. The van der Waals surface area contributed by atoms with Crippen molar-refractivity contribution < 1.29 is 29.0 Å². The molecule has 10 nitrogen and oxygen atoms in total. The standard InChI is InChI=1S/C27H36N4O6/c1-16-9-7-10-17(2)22(16)30-24(34)23(18-11-8-12-19(32)15-18)31(6)25(35)20(13-14-21(28)33)29-26(36)37-27(3,4)5/h7-12,15,20,23,32H,13-14H2,1-6H3,(H2,28,33)(H,29,36)(H,30,34). The van der Waals surface area contributed by atoms with Gasteiger partial charge >= 0.3 is 6.09 Å². The molecular weight excluding hydrogens is 476 g/mol. The minimum atomic E-state index is -1.19. The maximum Gasteiger partial charge on any atom is 0.408 e. The molecule has 0 bridgehead atoms. The van der Waals surface area contributed by atoms with Gasteiger partial charge in [-0.15, -0.1) is 0 Å². The molecule has 0 aromatic heterocycles. The molecule has 0 heterocycles. The number of hydrogen-bond donors (Lipinski definition) is 4. The van der Waals surface area contributed by atoms with E-state index in [0.717, 1.165) is 11.1 Å². The first-order valence-corrected chi connectivity index (χ1v) is 11.9. The molecule has 2 aromatic rings. The molecular formula is C27H36N4O6. The summed E-state index contributed by atoms with van der Waals surface area (Å²) >= 11 is 0. The summed E-state index contributed by atoms with van der Waals surface area (Å²) < 4.78 is 5.27. The molecule has 0 aliphatic carbocycles. The van der Waals surface area contributed by atoms with Crippen molar-refractivity contribution in [2.75, 3.05) is 12.4 Å². The number of benzene rings is 2. The number of likely N-dealkylation sites (N-methyl/N-ethyl adjacent to an activating group) is 1. The fourth-order valence-electron chi connectivity index (χ4n) is 3.82. The third-order valence-corrected chi connectivity index (χ3v) is 5.57. The average molecular weight is 513 g/mol. The number of amides is 4. The van der Waals surface area contributed by atoms with Crippen LogP contribution in [0.4, 0.5) is 10.5 Å². The highest BCUT2D eigenvalue weighted by atomic mass is 16.6. The highest BCUT2D eigenvalue weighted by Gasteiger charge is 2.34. The summed E-state index contributed by atoms with van der Waals surface area (Å²) in [5, 5.41) is 15.4.